The quantitative estimate of drug-likeness (QED) is 0.794. The van der Waals surface area contributed by atoms with Crippen molar-refractivity contribution in [2.45, 2.75) is 13.5 Å². The van der Waals surface area contributed by atoms with Gasteiger partial charge >= 0.3 is 6.09 Å². The highest BCUT2D eigenvalue weighted by Crippen LogP contribution is 2.30. The normalized spacial score (nSPS) is 9.96. The summed E-state index contributed by atoms with van der Waals surface area (Å²) < 4.78 is 15.4. The first-order valence-corrected chi connectivity index (χ1v) is 8.11. The van der Waals surface area contributed by atoms with Crippen LogP contribution in [-0.2, 0) is 11.3 Å². The van der Waals surface area contributed by atoms with Crippen LogP contribution >= 0.6 is 0 Å². The van der Waals surface area contributed by atoms with E-state index in [4.69, 9.17) is 14.2 Å². The van der Waals surface area contributed by atoms with E-state index >= 15 is 0 Å². The van der Waals surface area contributed by atoms with Crippen LogP contribution < -0.4 is 20.1 Å². The number of para-hydroxylation sites is 1. The minimum atomic E-state index is -0.564. The van der Waals surface area contributed by atoms with E-state index < -0.39 is 6.09 Å². The highest BCUT2D eigenvalue weighted by atomic mass is 16.5. The monoisotopic (exact) mass is 358 g/mol. The molecule has 2 N–H and O–H groups in total. The van der Waals surface area contributed by atoms with Gasteiger partial charge in [-0.05, 0) is 31.2 Å². The van der Waals surface area contributed by atoms with E-state index in [0.29, 0.717) is 22.7 Å². The van der Waals surface area contributed by atoms with E-state index in [0.717, 1.165) is 5.56 Å². The zero-order valence-corrected chi connectivity index (χ0v) is 15.0. The number of methoxy groups -OCH3 is 2. The van der Waals surface area contributed by atoms with E-state index in [9.17, 15) is 9.59 Å². The average molecular weight is 358 g/mol. The van der Waals surface area contributed by atoms with Crippen molar-refractivity contribution < 1.29 is 23.8 Å². The predicted octanol–water partition coefficient (Wildman–Crippen LogP) is 3.20. The summed E-state index contributed by atoms with van der Waals surface area (Å²) >= 11 is 0. The van der Waals surface area contributed by atoms with Gasteiger partial charge in [0.2, 0.25) is 0 Å². The van der Waals surface area contributed by atoms with E-state index in [1.54, 1.807) is 51.5 Å². The van der Waals surface area contributed by atoms with Gasteiger partial charge in [0.15, 0.2) is 11.5 Å². The van der Waals surface area contributed by atoms with E-state index in [1.165, 1.54) is 0 Å². The zero-order chi connectivity index (χ0) is 18.9. The van der Waals surface area contributed by atoms with Gasteiger partial charge in [-0.2, -0.15) is 0 Å². The molecule has 0 unspecified atom stereocenters. The summed E-state index contributed by atoms with van der Waals surface area (Å²) in [6.07, 6.45) is -0.564. The smallest absolute Gasteiger partial charge is 0.411 e. The van der Waals surface area contributed by atoms with Crippen LogP contribution in [-0.4, -0.2) is 32.8 Å². The lowest BCUT2D eigenvalue weighted by molar-refractivity contribution is 0.0950. The summed E-state index contributed by atoms with van der Waals surface area (Å²) in [4.78, 5) is 23.9. The van der Waals surface area contributed by atoms with E-state index in [2.05, 4.69) is 10.6 Å². The highest BCUT2D eigenvalue weighted by molar-refractivity contribution is 5.96. The van der Waals surface area contributed by atoms with Crippen LogP contribution in [0.5, 0.6) is 11.5 Å². The number of amides is 2. The molecule has 0 radical (unpaired) electrons. The number of hydrogen-bond acceptors (Lipinski definition) is 5. The summed E-state index contributed by atoms with van der Waals surface area (Å²) in [7, 11) is 3.11. The molecule has 2 amide bonds. The van der Waals surface area contributed by atoms with Crippen molar-refractivity contribution in [3.05, 3.63) is 53.6 Å². The number of ether oxygens (including phenoxy) is 3. The third kappa shape index (κ3) is 4.89. The van der Waals surface area contributed by atoms with Crippen molar-refractivity contribution >= 4 is 17.7 Å². The zero-order valence-electron chi connectivity index (χ0n) is 15.0. The second-order valence-corrected chi connectivity index (χ2v) is 5.26. The lowest BCUT2D eigenvalue weighted by Gasteiger charge is -2.13. The van der Waals surface area contributed by atoms with Gasteiger partial charge < -0.3 is 19.5 Å². The molecule has 138 valence electrons. The number of carbonyl (C=O) groups excluding carboxylic acids is 2. The first-order valence-electron chi connectivity index (χ1n) is 8.11. The summed E-state index contributed by atoms with van der Waals surface area (Å²) in [5.41, 5.74) is 1.69. The Morgan fingerprint density at radius 1 is 1.04 bits per heavy atom. The molecule has 7 heteroatoms. The summed E-state index contributed by atoms with van der Waals surface area (Å²) in [5.74, 6) is 0.898. The molecular formula is C19H22N2O5. The fraction of sp³-hybridized carbons (Fsp3) is 0.263. The van der Waals surface area contributed by atoms with Crippen LogP contribution in [0.1, 0.15) is 22.8 Å². The molecule has 2 rings (SSSR count). The van der Waals surface area contributed by atoms with Crippen molar-refractivity contribution in [2.24, 2.45) is 0 Å². The van der Waals surface area contributed by atoms with Gasteiger partial charge in [-0.15, -0.1) is 0 Å². The Bertz CT molecular complexity index is 776. The first kappa shape index (κ1) is 19.1. The molecule has 0 spiro atoms. The number of benzene rings is 2. The first-order chi connectivity index (χ1) is 12.6. The molecule has 0 heterocycles. The molecular weight excluding hydrogens is 336 g/mol. The lowest BCUT2D eigenvalue weighted by atomic mass is 10.1. The Balaban J connectivity index is 2.06. The molecule has 0 saturated heterocycles. The third-order valence-corrected chi connectivity index (χ3v) is 3.57. The van der Waals surface area contributed by atoms with Gasteiger partial charge in [0.1, 0.15) is 0 Å². The van der Waals surface area contributed by atoms with Crippen molar-refractivity contribution in [2.75, 3.05) is 26.1 Å². The fourth-order valence-corrected chi connectivity index (χ4v) is 2.39. The molecule has 0 aliphatic carbocycles. The van der Waals surface area contributed by atoms with Crippen LogP contribution in [0, 0.1) is 0 Å². The van der Waals surface area contributed by atoms with Crippen molar-refractivity contribution in [1.82, 2.24) is 5.32 Å². The molecule has 2 aromatic carbocycles. The molecule has 0 aliphatic heterocycles. The highest BCUT2D eigenvalue weighted by Gasteiger charge is 2.12. The number of rotatable bonds is 7. The van der Waals surface area contributed by atoms with Gasteiger partial charge in [0.05, 0.1) is 20.8 Å². The van der Waals surface area contributed by atoms with Gasteiger partial charge in [-0.3, -0.25) is 10.1 Å². The number of nitrogens with one attached hydrogen (secondary N) is 2. The summed E-state index contributed by atoms with van der Waals surface area (Å²) in [6.45, 7) is 2.26. The average Bonchev–Trinajstić information content (AvgIpc) is 2.65. The standard InChI is InChI=1S/C19H22N2O5/c1-4-26-19(23)21-15-9-5-7-13(11-15)18(22)20-12-14-8-6-10-16(24-2)17(14)25-3/h5-11H,4,12H2,1-3H3,(H,20,22)(H,21,23). The Morgan fingerprint density at radius 3 is 2.50 bits per heavy atom. The van der Waals surface area contributed by atoms with Crippen LogP contribution in [0.4, 0.5) is 10.5 Å². The Kier molecular flexibility index (Phi) is 6.84. The molecule has 7 nitrogen and oxygen atoms in total. The molecule has 0 atom stereocenters. The van der Waals surface area contributed by atoms with Crippen LogP contribution in [0.2, 0.25) is 0 Å². The third-order valence-electron chi connectivity index (χ3n) is 3.57. The molecule has 0 aromatic heterocycles. The number of carbonyl (C=O) groups is 2. The molecule has 0 aliphatic rings. The van der Waals surface area contributed by atoms with Gasteiger partial charge in [-0.1, -0.05) is 18.2 Å². The molecule has 2 aromatic rings. The maximum absolute atomic E-state index is 12.4. The molecule has 0 fully saturated rings. The molecule has 26 heavy (non-hydrogen) atoms. The van der Waals surface area contributed by atoms with Crippen molar-refractivity contribution in [3.8, 4) is 11.5 Å². The second-order valence-electron chi connectivity index (χ2n) is 5.26. The van der Waals surface area contributed by atoms with Crippen molar-refractivity contribution in [3.63, 3.8) is 0 Å². The summed E-state index contributed by atoms with van der Waals surface area (Å²) in [5, 5.41) is 5.40. The minimum absolute atomic E-state index is 0.272. The van der Waals surface area contributed by atoms with Crippen LogP contribution in [0.25, 0.3) is 0 Å². The largest absolute Gasteiger partial charge is 0.493 e. The summed E-state index contributed by atoms with van der Waals surface area (Å²) in [6, 6.07) is 12.1. The SMILES string of the molecule is CCOC(=O)Nc1cccc(C(=O)NCc2cccc(OC)c2OC)c1. The van der Waals surface area contributed by atoms with Crippen molar-refractivity contribution in [1.29, 1.82) is 0 Å². The van der Waals surface area contributed by atoms with E-state index in [-0.39, 0.29) is 19.1 Å². The number of hydrogen-bond donors (Lipinski definition) is 2. The van der Waals surface area contributed by atoms with E-state index in [1.807, 2.05) is 12.1 Å². The maximum Gasteiger partial charge on any atom is 0.411 e. The lowest BCUT2D eigenvalue weighted by Crippen LogP contribution is -2.23. The Morgan fingerprint density at radius 2 is 1.81 bits per heavy atom. The second kappa shape index (κ2) is 9.31. The topological polar surface area (TPSA) is 85.9 Å². The number of anilines is 1. The van der Waals surface area contributed by atoms with Gasteiger partial charge in [0, 0.05) is 23.4 Å². The predicted molar refractivity (Wildman–Crippen MR) is 97.8 cm³/mol. The fourth-order valence-electron chi connectivity index (χ4n) is 2.39. The molecule has 0 bridgehead atoms. The van der Waals surface area contributed by atoms with Gasteiger partial charge in [0.25, 0.3) is 5.91 Å². The minimum Gasteiger partial charge on any atom is -0.493 e. The van der Waals surface area contributed by atoms with Crippen LogP contribution in [0.3, 0.4) is 0 Å². The van der Waals surface area contributed by atoms with Gasteiger partial charge in [-0.25, -0.2) is 4.79 Å². The van der Waals surface area contributed by atoms with Crippen LogP contribution in [0.15, 0.2) is 42.5 Å². The maximum atomic E-state index is 12.4. The molecule has 0 saturated carbocycles. The Hall–Kier alpha value is -3.22. The Labute approximate surface area is 152 Å².